The van der Waals surface area contributed by atoms with Crippen LogP contribution in [0.15, 0.2) is 18.2 Å². The molecule has 0 amide bonds. The lowest BCUT2D eigenvalue weighted by Gasteiger charge is -2.25. The maximum atomic E-state index is 13.2. The molecule has 0 aliphatic heterocycles. The second-order valence-electron chi connectivity index (χ2n) is 4.16. The fourth-order valence-electron chi connectivity index (χ4n) is 1.79. The van der Waals surface area contributed by atoms with Crippen LogP contribution in [0.3, 0.4) is 0 Å². The third-order valence-corrected chi connectivity index (χ3v) is 2.98. The molecule has 2 rings (SSSR count). The van der Waals surface area contributed by atoms with Gasteiger partial charge < -0.3 is 5.32 Å². The molecule has 1 N–H and O–H groups in total. The van der Waals surface area contributed by atoms with Crippen molar-refractivity contribution in [2.75, 3.05) is 6.54 Å². The Bertz CT molecular complexity index is 334. The number of hydrogen-bond acceptors (Lipinski definition) is 1. The number of rotatable bonds is 4. The van der Waals surface area contributed by atoms with Gasteiger partial charge in [-0.15, -0.1) is 0 Å². The molecule has 15 heavy (non-hydrogen) atoms. The van der Waals surface area contributed by atoms with Crippen molar-refractivity contribution in [1.82, 2.24) is 5.32 Å². The number of nitrogens with one attached hydrogen (secondary N) is 1. The van der Waals surface area contributed by atoms with Crippen molar-refractivity contribution < 1.29 is 8.78 Å². The molecule has 0 radical (unpaired) electrons. The van der Waals surface area contributed by atoms with Crippen LogP contribution in [0.4, 0.5) is 8.78 Å². The van der Waals surface area contributed by atoms with E-state index in [-0.39, 0.29) is 11.6 Å². The van der Waals surface area contributed by atoms with Crippen LogP contribution in [0.25, 0.3) is 0 Å². The average molecular weight is 211 g/mol. The Labute approximate surface area is 88.5 Å². The number of halogens is 2. The molecule has 1 fully saturated rings. The van der Waals surface area contributed by atoms with Crippen LogP contribution in [-0.2, 0) is 6.54 Å². The van der Waals surface area contributed by atoms with E-state index in [2.05, 4.69) is 5.32 Å². The first-order valence-corrected chi connectivity index (χ1v) is 5.40. The summed E-state index contributed by atoms with van der Waals surface area (Å²) in [7, 11) is 0. The minimum atomic E-state index is -0.378. The van der Waals surface area contributed by atoms with E-state index in [4.69, 9.17) is 0 Å². The van der Waals surface area contributed by atoms with Gasteiger partial charge in [0, 0.05) is 12.1 Å². The van der Waals surface area contributed by atoms with E-state index in [1.165, 1.54) is 31.4 Å². The third kappa shape index (κ3) is 2.75. The lowest BCUT2D eigenvalue weighted by molar-refractivity contribution is 0.300. The van der Waals surface area contributed by atoms with Crippen molar-refractivity contribution in [3.63, 3.8) is 0 Å². The molecule has 0 unspecified atom stereocenters. The van der Waals surface area contributed by atoms with Crippen molar-refractivity contribution in [2.45, 2.75) is 25.8 Å². The van der Waals surface area contributed by atoms with Gasteiger partial charge in [-0.25, -0.2) is 8.78 Å². The third-order valence-electron chi connectivity index (χ3n) is 2.98. The van der Waals surface area contributed by atoms with Crippen LogP contribution < -0.4 is 5.32 Å². The van der Waals surface area contributed by atoms with Crippen molar-refractivity contribution in [1.29, 1.82) is 0 Å². The fraction of sp³-hybridized carbons (Fsp3) is 0.500. The van der Waals surface area contributed by atoms with Crippen LogP contribution in [0.2, 0.25) is 0 Å². The summed E-state index contributed by atoms with van der Waals surface area (Å²) in [6.45, 7) is 1.33. The number of benzene rings is 1. The summed E-state index contributed by atoms with van der Waals surface area (Å²) in [5.74, 6) is 0.0241. The van der Waals surface area contributed by atoms with Crippen molar-refractivity contribution in [3.05, 3.63) is 35.4 Å². The first kappa shape index (κ1) is 10.6. The molecule has 0 heterocycles. The van der Waals surface area contributed by atoms with Gasteiger partial charge in [-0.2, -0.15) is 0 Å². The molecule has 1 saturated carbocycles. The Hall–Kier alpha value is -0.960. The summed E-state index contributed by atoms with van der Waals surface area (Å²) in [5.41, 5.74) is 0.411. The van der Waals surface area contributed by atoms with Gasteiger partial charge in [0.2, 0.25) is 0 Å². The molecule has 1 nitrogen and oxygen atoms in total. The summed E-state index contributed by atoms with van der Waals surface area (Å²) in [6.07, 6.45) is 3.83. The summed E-state index contributed by atoms with van der Waals surface area (Å²) in [6, 6.07) is 3.57. The van der Waals surface area contributed by atoms with Crippen LogP contribution in [0.5, 0.6) is 0 Å². The molecule has 1 aliphatic rings. The molecule has 1 aliphatic carbocycles. The van der Waals surface area contributed by atoms with Crippen LogP contribution in [0.1, 0.15) is 24.8 Å². The van der Waals surface area contributed by atoms with Crippen LogP contribution in [-0.4, -0.2) is 6.54 Å². The first-order chi connectivity index (χ1) is 7.25. The Morgan fingerprint density at radius 2 is 2.07 bits per heavy atom. The summed E-state index contributed by atoms with van der Waals surface area (Å²) in [4.78, 5) is 0. The van der Waals surface area contributed by atoms with Crippen LogP contribution >= 0.6 is 0 Å². The molecule has 1 aromatic carbocycles. The molecule has 0 aromatic heterocycles. The van der Waals surface area contributed by atoms with Crippen molar-refractivity contribution in [3.8, 4) is 0 Å². The van der Waals surface area contributed by atoms with Gasteiger partial charge in [-0.05, 0) is 43.5 Å². The maximum absolute atomic E-state index is 13.2. The SMILES string of the molecule is Fc1ccc(F)c(CNCC2CCC2)c1. The predicted molar refractivity (Wildman–Crippen MR) is 55.4 cm³/mol. The van der Waals surface area contributed by atoms with Gasteiger partial charge >= 0.3 is 0 Å². The highest BCUT2D eigenvalue weighted by atomic mass is 19.1. The van der Waals surface area contributed by atoms with E-state index in [0.29, 0.717) is 12.1 Å². The van der Waals surface area contributed by atoms with Gasteiger partial charge in [0.05, 0.1) is 0 Å². The smallest absolute Gasteiger partial charge is 0.127 e. The summed E-state index contributed by atoms with van der Waals surface area (Å²) in [5, 5.41) is 3.16. The molecular weight excluding hydrogens is 196 g/mol. The normalized spacial score (nSPS) is 16.4. The van der Waals surface area contributed by atoms with Crippen molar-refractivity contribution >= 4 is 0 Å². The molecular formula is C12H15F2N. The zero-order valence-corrected chi connectivity index (χ0v) is 8.60. The van der Waals surface area contributed by atoms with Gasteiger partial charge in [-0.3, -0.25) is 0 Å². The van der Waals surface area contributed by atoms with E-state index in [0.717, 1.165) is 18.5 Å². The maximum Gasteiger partial charge on any atom is 0.127 e. The molecule has 0 bridgehead atoms. The van der Waals surface area contributed by atoms with E-state index in [9.17, 15) is 8.78 Å². The van der Waals surface area contributed by atoms with E-state index in [1.807, 2.05) is 0 Å². The monoisotopic (exact) mass is 211 g/mol. The predicted octanol–water partition coefficient (Wildman–Crippen LogP) is 2.85. The topological polar surface area (TPSA) is 12.0 Å². The highest BCUT2D eigenvalue weighted by molar-refractivity contribution is 5.18. The number of hydrogen-bond donors (Lipinski definition) is 1. The highest BCUT2D eigenvalue weighted by Gasteiger charge is 2.16. The average Bonchev–Trinajstić information content (AvgIpc) is 2.15. The van der Waals surface area contributed by atoms with E-state index >= 15 is 0 Å². The Kier molecular flexibility index (Phi) is 3.31. The molecule has 82 valence electrons. The lowest BCUT2D eigenvalue weighted by Crippen LogP contribution is -2.27. The zero-order chi connectivity index (χ0) is 10.7. The molecule has 3 heteroatoms. The molecule has 0 atom stereocenters. The highest BCUT2D eigenvalue weighted by Crippen LogP contribution is 2.25. The van der Waals surface area contributed by atoms with E-state index in [1.54, 1.807) is 0 Å². The van der Waals surface area contributed by atoms with Gasteiger partial charge in [-0.1, -0.05) is 6.42 Å². The fourth-order valence-corrected chi connectivity index (χ4v) is 1.79. The van der Waals surface area contributed by atoms with Crippen LogP contribution in [0, 0.1) is 17.6 Å². The van der Waals surface area contributed by atoms with E-state index < -0.39 is 0 Å². The minimum absolute atomic E-state index is 0.336. The minimum Gasteiger partial charge on any atom is -0.312 e. The summed E-state index contributed by atoms with van der Waals surface area (Å²) >= 11 is 0. The summed E-state index contributed by atoms with van der Waals surface area (Å²) < 4.78 is 26.0. The Balaban J connectivity index is 1.83. The standard InChI is InChI=1S/C12H15F2N/c13-11-4-5-12(14)10(6-11)8-15-7-9-2-1-3-9/h4-6,9,15H,1-3,7-8H2. The quantitative estimate of drug-likeness (QED) is 0.807. The molecule has 0 spiro atoms. The van der Waals surface area contributed by atoms with Gasteiger partial charge in [0.25, 0.3) is 0 Å². The second-order valence-corrected chi connectivity index (χ2v) is 4.16. The molecule has 0 saturated heterocycles. The Morgan fingerprint density at radius 3 is 2.73 bits per heavy atom. The van der Waals surface area contributed by atoms with Gasteiger partial charge in [0.1, 0.15) is 11.6 Å². The van der Waals surface area contributed by atoms with Crippen molar-refractivity contribution in [2.24, 2.45) is 5.92 Å². The largest absolute Gasteiger partial charge is 0.312 e. The second kappa shape index (κ2) is 4.71. The zero-order valence-electron chi connectivity index (χ0n) is 8.60. The first-order valence-electron chi connectivity index (χ1n) is 5.40. The van der Waals surface area contributed by atoms with Gasteiger partial charge in [0.15, 0.2) is 0 Å². The Morgan fingerprint density at radius 1 is 1.27 bits per heavy atom. The molecule has 1 aromatic rings. The lowest BCUT2D eigenvalue weighted by atomic mass is 9.85.